The molecule has 0 aromatic rings. The van der Waals surface area contributed by atoms with Crippen LogP contribution in [0.5, 0.6) is 0 Å². The van der Waals surface area contributed by atoms with Gasteiger partial charge >= 0.3 is 5.97 Å². The molecule has 1 aliphatic rings. The van der Waals surface area contributed by atoms with E-state index in [9.17, 15) is 4.79 Å². The van der Waals surface area contributed by atoms with Crippen LogP contribution in [0.4, 0.5) is 0 Å². The molecule has 0 radical (unpaired) electrons. The molecular weight excluding hydrogens is 359 g/mol. The molecule has 0 amide bonds. The van der Waals surface area contributed by atoms with Gasteiger partial charge in [0.15, 0.2) is 0 Å². The summed E-state index contributed by atoms with van der Waals surface area (Å²) >= 11 is 0. The van der Waals surface area contributed by atoms with Crippen molar-refractivity contribution in [3.63, 3.8) is 0 Å². The van der Waals surface area contributed by atoms with Crippen molar-refractivity contribution in [1.29, 1.82) is 0 Å². The molecule has 1 fully saturated rings. The number of carbonyl (C=O) groups is 1. The van der Waals surface area contributed by atoms with Crippen LogP contribution in [0.1, 0.15) is 61.8 Å². The number of methoxy groups -OCH3 is 1. The SMILES string of the molecule is COC(=O)[C@H]1C[C@]1(P(N(C(C)C)C(C)C)N(C(C)C)C(C)C)[Si](C)(C)C. The van der Waals surface area contributed by atoms with E-state index in [-0.39, 0.29) is 16.7 Å². The highest BCUT2D eigenvalue weighted by atomic mass is 31.1. The first-order valence-electron chi connectivity index (χ1n) is 10.2. The van der Waals surface area contributed by atoms with Crippen molar-refractivity contribution in [1.82, 2.24) is 9.34 Å². The van der Waals surface area contributed by atoms with Gasteiger partial charge in [0.1, 0.15) is 0 Å². The summed E-state index contributed by atoms with van der Waals surface area (Å²) in [7, 11) is -0.714. The fourth-order valence-electron chi connectivity index (χ4n) is 4.62. The molecular formula is C20H43N2O2PSi. The zero-order valence-corrected chi connectivity index (χ0v) is 21.1. The standard InChI is InChI=1S/C20H43N2O2PSi/c1-14(2)21(15(3)4)25(22(16(5)6)17(7)8)20(26(10,11)12)13-18(20)19(23)24-9/h14-18H,13H2,1-12H3/t18-,20+/m1/s1. The molecule has 0 saturated heterocycles. The maximum absolute atomic E-state index is 12.6. The van der Waals surface area contributed by atoms with Gasteiger partial charge in [-0.15, -0.1) is 0 Å². The topological polar surface area (TPSA) is 32.8 Å². The Kier molecular flexibility index (Phi) is 7.95. The average molecular weight is 403 g/mol. The second kappa shape index (κ2) is 8.59. The van der Waals surface area contributed by atoms with Crippen molar-refractivity contribution < 1.29 is 9.53 Å². The van der Waals surface area contributed by atoms with E-state index in [4.69, 9.17) is 4.74 Å². The quantitative estimate of drug-likeness (QED) is 0.296. The molecule has 0 aromatic carbocycles. The van der Waals surface area contributed by atoms with Crippen molar-refractivity contribution in [2.75, 3.05) is 7.11 Å². The summed E-state index contributed by atoms with van der Waals surface area (Å²) in [5.41, 5.74) is 0. The number of carbonyl (C=O) groups excluding carboxylic acids is 1. The summed E-state index contributed by atoms with van der Waals surface area (Å²) < 4.78 is 10.8. The Bertz CT molecular complexity index is 455. The van der Waals surface area contributed by atoms with Crippen molar-refractivity contribution in [3.8, 4) is 0 Å². The molecule has 1 rings (SSSR count). The molecule has 0 spiro atoms. The number of ether oxygens (including phenoxy) is 1. The van der Waals surface area contributed by atoms with Gasteiger partial charge in [-0.2, -0.15) is 0 Å². The average Bonchev–Trinajstić information content (AvgIpc) is 3.20. The second-order valence-electron chi connectivity index (χ2n) is 9.88. The van der Waals surface area contributed by atoms with E-state index in [1.165, 1.54) is 0 Å². The highest BCUT2D eigenvalue weighted by molar-refractivity contribution is 7.58. The number of hydrogen-bond donors (Lipinski definition) is 0. The van der Waals surface area contributed by atoms with Gasteiger partial charge in [0, 0.05) is 37.2 Å². The first-order chi connectivity index (χ1) is 11.7. The molecule has 0 heterocycles. The fourth-order valence-corrected chi connectivity index (χ4v) is 13.2. The molecule has 1 saturated carbocycles. The van der Waals surface area contributed by atoms with Crippen LogP contribution < -0.4 is 0 Å². The molecule has 0 aliphatic heterocycles. The Morgan fingerprint density at radius 3 is 1.50 bits per heavy atom. The molecule has 0 N–H and O–H groups in total. The maximum Gasteiger partial charge on any atom is 0.309 e. The Hall–Kier alpha value is 0.0369. The number of esters is 1. The molecule has 154 valence electrons. The van der Waals surface area contributed by atoms with E-state index < -0.39 is 16.3 Å². The highest BCUT2D eigenvalue weighted by Gasteiger charge is 2.72. The number of nitrogens with zero attached hydrogens (tertiary/aromatic N) is 2. The normalized spacial score (nSPS) is 24.0. The first kappa shape index (κ1) is 24.1. The van der Waals surface area contributed by atoms with Crippen LogP contribution in [0.15, 0.2) is 0 Å². The summed E-state index contributed by atoms with van der Waals surface area (Å²) in [5.74, 6) is 0.0603. The van der Waals surface area contributed by atoms with Crippen LogP contribution in [0.25, 0.3) is 0 Å². The van der Waals surface area contributed by atoms with Gasteiger partial charge in [-0.3, -0.25) is 14.1 Å². The van der Waals surface area contributed by atoms with Gasteiger partial charge in [0.2, 0.25) is 0 Å². The minimum Gasteiger partial charge on any atom is -0.469 e. The molecule has 26 heavy (non-hydrogen) atoms. The molecule has 0 aromatic heterocycles. The lowest BCUT2D eigenvalue weighted by Crippen LogP contribution is -2.54. The minimum absolute atomic E-state index is 0.000139. The van der Waals surface area contributed by atoms with E-state index in [0.717, 1.165) is 6.42 Å². The van der Waals surface area contributed by atoms with E-state index in [2.05, 4.69) is 84.4 Å². The molecule has 2 atom stereocenters. The third-order valence-corrected chi connectivity index (χ3v) is 15.3. The van der Waals surface area contributed by atoms with Gasteiger partial charge in [-0.05, 0) is 61.8 Å². The lowest BCUT2D eigenvalue weighted by Gasteiger charge is -2.54. The summed E-state index contributed by atoms with van der Waals surface area (Å²) in [5, 5.41) is 0. The lowest BCUT2D eigenvalue weighted by molar-refractivity contribution is -0.142. The molecule has 6 heteroatoms. The largest absolute Gasteiger partial charge is 0.469 e. The molecule has 0 bridgehead atoms. The summed E-state index contributed by atoms with van der Waals surface area (Å²) in [6.07, 6.45) is 0.993. The van der Waals surface area contributed by atoms with Crippen LogP contribution in [-0.4, -0.2) is 59.4 Å². The molecule has 1 aliphatic carbocycles. The summed E-state index contributed by atoms with van der Waals surface area (Å²) in [6, 6.07) is 1.81. The van der Waals surface area contributed by atoms with Gasteiger partial charge in [0.05, 0.1) is 21.1 Å². The summed E-state index contributed by atoms with van der Waals surface area (Å²) in [6.45, 7) is 25.8. The fraction of sp³-hybridized carbons (Fsp3) is 0.950. The molecule has 0 unspecified atom stereocenters. The third kappa shape index (κ3) is 4.37. The van der Waals surface area contributed by atoms with Gasteiger partial charge in [-0.25, -0.2) is 0 Å². The van der Waals surface area contributed by atoms with Crippen LogP contribution >= 0.6 is 8.22 Å². The van der Waals surface area contributed by atoms with E-state index in [1.807, 2.05) is 0 Å². The third-order valence-electron chi connectivity index (χ3n) is 5.63. The predicted molar refractivity (Wildman–Crippen MR) is 117 cm³/mol. The zero-order valence-electron chi connectivity index (χ0n) is 19.3. The zero-order chi connectivity index (χ0) is 20.6. The number of hydrogen-bond acceptors (Lipinski definition) is 4. The van der Waals surface area contributed by atoms with Gasteiger partial charge in [-0.1, -0.05) is 19.6 Å². The Morgan fingerprint density at radius 1 is 0.923 bits per heavy atom. The Morgan fingerprint density at radius 2 is 1.27 bits per heavy atom. The summed E-state index contributed by atoms with van der Waals surface area (Å²) in [4.78, 5) is 12.6. The van der Waals surface area contributed by atoms with Crippen LogP contribution in [0.2, 0.25) is 19.6 Å². The van der Waals surface area contributed by atoms with E-state index >= 15 is 0 Å². The first-order valence-corrected chi connectivity index (χ1v) is 14.9. The highest BCUT2D eigenvalue weighted by Crippen LogP contribution is 2.75. The smallest absolute Gasteiger partial charge is 0.309 e. The monoisotopic (exact) mass is 402 g/mol. The van der Waals surface area contributed by atoms with Crippen molar-refractivity contribution >= 4 is 22.3 Å². The van der Waals surface area contributed by atoms with Crippen LogP contribution in [0, 0.1) is 5.92 Å². The Balaban J connectivity index is 3.63. The lowest BCUT2D eigenvalue weighted by atomic mass is 10.3. The molecule has 4 nitrogen and oxygen atoms in total. The predicted octanol–water partition coefficient (Wildman–Crippen LogP) is 5.35. The second-order valence-corrected chi connectivity index (χ2v) is 18.0. The van der Waals surface area contributed by atoms with E-state index in [0.29, 0.717) is 24.2 Å². The van der Waals surface area contributed by atoms with Crippen LogP contribution in [-0.2, 0) is 9.53 Å². The van der Waals surface area contributed by atoms with Gasteiger partial charge < -0.3 is 4.74 Å². The van der Waals surface area contributed by atoms with Crippen molar-refractivity contribution in [2.24, 2.45) is 5.92 Å². The Labute approximate surface area is 164 Å². The maximum atomic E-state index is 12.6. The number of rotatable bonds is 9. The van der Waals surface area contributed by atoms with Crippen LogP contribution in [0.3, 0.4) is 0 Å². The van der Waals surface area contributed by atoms with Crippen molar-refractivity contribution in [2.45, 2.75) is 110 Å². The van der Waals surface area contributed by atoms with E-state index in [1.54, 1.807) is 7.11 Å². The van der Waals surface area contributed by atoms with Gasteiger partial charge in [0.25, 0.3) is 0 Å². The van der Waals surface area contributed by atoms with Crippen molar-refractivity contribution in [3.05, 3.63) is 0 Å². The minimum atomic E-state index is -1.64.